The molecule has 0 radical (unpaired) electrons. The Kier molecular flexibility index (Phi) is 6.92. The van der Waals surface area contributed by atoms with Crippen molar-refractivity contribution in [2.24, 2.45) is 0 Å². The number of nitrogens with zero attached hydrogens (tertiary/aromatic N) is 2. The summed E-state index contributed by atoms with van der Waals surface area (Å²) in [5.74, 6) is 0.0943. The minimum atomic E-state index is -3.00. The second kappa shape index (κ2) is 9.41. The minimum Gasteiger partial charge on any atom is -0.370 e. The second-order valence-corrected chi connectivity index (χ2v) is 9.85. The fraction of sp³-hybridized carbons (Fsp3) is 0.409. The molecule has 0 spiro atoms. The maximum absolute atomic E-state index is 13.1. The molecule has 156 valence electrons. The van der Waals surface area contributed by atoms with Gasteiger partial charge in [0.05, 0.1) is 11.5 Å². The summed E-state index contributed by atoms with van der Waals surface area (Å²) in [5, 5.41) is 3.08. The molecule has 1 N–H and O–H groups in total. The van der Waals surface area contributed by atoms with Crippen molar-refractivity contribution in [2.45, 2.75) is 19.0 Å². The van der Waals surface area contributed by atoms with E-state index in [9.17, 15) is 13.2 Å². The quantitative estimate of drug-likeness (QED) is 0.750. The van der Waals surface area contributed by atoms with Crippen LogP contribution in [0, 0.1) is 0 Å². The molecule has 7 heteroatoms. The number of anilines is 1. The van der Waals surface area contributed by atoms with Crippen LogP contribution in [0.1, 0.15) is 18.5 Å². The number of para-hydroxylation sites is 1. The summed E-state index contributed by atoms with van der Waals surface area (Å²) in [7, 11) is -0.994. The van der Waals surface area contributed by atoms with Gasteiger partial charge in [-0.3, -0.25) is 9.69 Å². The predicted molar refractivity (Wildman–Crippen MR) is 117 cm³/mol. The number of likely N-dealkylation sites (N-methyl/N-ethyl adjacent to an activating group) is 1. The summed E-state index contributed by atoms with van der Waals surface area (Å²) in [4.78, 5) is 17.2. The Balaban J connectivity index is 1.68. The van der Waals surface area contributed by atoms with Crippen molar-refractivity contribution >= 4 is 21.4 Å². The SMILES string of the molecule is CC(CNC(=O)C(c1ccccc1)N1CCS(=O)(=O)CC1)N(C)c1ccccc1. The highest BCUT2D eigenvalue weighted by molar-refractivity contribution is 7.91. The molecule has 29 heavy (non-hydrogen) atoms. The van der Waals surface area contributed by atoms with Gasteiger partial charge in [0.25, 0.3) is 0 Å². The van der Waals surface area contributed by atoms with Gasteiger partial charge in [-0.05, 0) is 24.6 Å². The van der Waals surface area contributed by atoms with Crippen LogP contribution in [-0.4, -0.2) is 63.5 Å². The Morgan fingerprint density at radius 3 is 2.17 bits per heavy atom. The summed E-state index contributed by atoms with van der Waals surface area (Å²) in [6.07, 6.45) is 0. The molecule has 2 aromatic carbocycles. The number of amides is 1. The van der Waals surface area contributed by atoms with Crippen LogP contribution >= 0.6 is 0 Å². The number of benzene rings is 2. The molecule has 2 unspecified atom stereocenters. The summed E-state index contributed by atoms with van der Waals surface area (Å²) in [5.41, 5.74) is 1.98. The van der Waals surface area contributed by atoms with Crippen molar-refractivity contribution < 1.29 is 13.2 Å². The summed E-state index contributed by atoms with van der Waals surface area (Å²) in [6.45, 7) is 3.31. The normalized spacial score (nSPS) is 18.6. The molecular weight excluding hydrogens is 386 g/mol. The molecule has 1 fully saturated rings. The third-order valence-corrected chi connectivity index (χ3v) is 7.11. The van der Waals surface area contributed by atoms with Crippen molar-refractivity contribution in [3.63, 3.8) is 0 Å². The number of hydrogen-bond donors (Lipinski definition) is 1. The zero-order chi connectivity index (χ0) is 20.9. The van der Waals surface area contributed by atoms with Gasteiger partial charge in [0, 0.05) is 38.4 Å². The maximum Gasteiger partial charge on any atom is 0.242 e. The molecule has 0 aliphatic carbocycles. The molecule has 1 aliphatic rings. The largest absolute Gasteiger partial charge is 0.370 e. The van der Waals surface area contributed by atoms with Gasteiger partial charge in [-0.1, -0.05) is 48.5 Å². The fourth-order valence-corrected chi connectivity index (χ4v) is 4.78. The highest BCUT2D eigenvalue weighted by Crippen LogP contribution is 2.23. The summed E-state index contributed by atoms with van der Waals surface area (Å²) in [6, 6.07) is 19.2. The van der Waals surface area contributed by atoms with Gasteiger partial charge in [0.15, 0.2) is 9.84 Å². The lowest BCUT2D eigenvalue weighted by Gasteiger charge is -2.34. The molecule has 0 saturated carbocycles. The first-order valence-electron chi connectivity index (χ1n) is 9.92. The Labute approximate surface area is 173 Å². The molecule has 1 heterocycles. The third-order valence-electron chi connectivity index (χ3n) is 5.50. The highest BCUT2D eigenvalue weighted by atomic mass is 32.2. The minimum absolute atomic E-state index is 0.0937. The van der Waals surface area contributed by atoms with E-state index in [-0.39, 0.29) is 23.5 Å². The van der Waals surface area contributed by atoms with Gasteiger partial charge >= 0.3 is 0 Å². The molecule has 0 bridgehead atoms. The van der Waals surface area contributed by atoms with E-state index >= 15 is 0 Å². The smallest absolute Gasteiger partial charge is 0.242 e. The van der Waals surface area contributed by atoms with Gasteiger partial charge in [0.1, 0.15) is 6.04 Å². The molecule has 2 aromatic rings. The van der Waals surface area contributed by atoms with Crippen LogP contribution in [-0.2, 0) is 14.6 Å². The van der Waals surface area contributed by atoms with Crippen LogP contribution in [0.5, 0.6) is 0 Å². The van der Waals surface area contributed by atoms with Gasteiger partial charge in [0.2, 0.25) is 5.91 Å². The Hall–Kier alpha value is -2.38. The number of hydrogen-bond acceptors (Lipinski definition) is 5. The highest BCUT2D eigenvalue weighted by Gasteiger charge is 2.32. The van der Waals surface area contributed by atoms with Crippen molar-refractivity contribution in [1.29, 1.82) is 0 Å². The molecular formula is C22H29N3O3S. The second-order valence-electron chi connectivity index (χ2n) is 7.54. The number of carbonyl (C=O) groups excluding carboxylic acids is 1. The molecule has 0 aromatic heterocycles. The molecule has 1 saturated heterocycles. The van der Waals surface area contributed by atoms with Crippen molar-refractivity contribution in [2.75, 3.05) is 43.1 Å². The topological polar surface area (TPSA) is 69.7 Å². The maximum atomic E-state index is 13.1. The Morgan fingerprint density at radius 2 is 1.59 bits per heavy atom. The van der Waals surface area contributed by atoms with E-state index in [0.29, 0.717) is 19.6 Å². The average Bonchev–Trinajstić information content (AvgIpc) is 2.74. The first-order chi connectivity index (χ1) is 13.9. The zero-order valence-corrected chi connectivity index (χ0v) is 17.8. The molecule has 2 atom stereocenters. The number of nitrogens with one attached hydrogen (secondary N) is 1. The van der Waals surface area contributed by atoms with E-state index in [0.717, 1.165) is 11.3 Å². The first-order valence-corrected chi connectivity index (χ1v) is 11.7. The first kappa shape index (κ1) is 21.3. The lowest BCUT2D eigenvalue weighted by Crippen LogP contribution is -2.49. The monoisotopic (exact) mass is 415 g/mol. The average molecular weight is 416 g/mol. The fourth-order valence-electron chi connectivity index (χ4n) is 3.55. The number of carbonyl (C=O) groups is 1. The van der Waals surface area contributed by atoms with Crippen molar-refractivity contribution in [3.8, 4) is 0 Å². The van der Waals surface area contributed by atoms with Crippen LogP contribution in [0.4, 0.5) is 5.69 Å². The van der Waals surface area contributed by atoms with E-state index in [1.807, 2.05) is 72.6 Å². The van der Waals surface area contributed by atoms with Crippen LogP contribution in [0.25, 0.3) is 0 Å². The predicted octanol–water partition coefficient (Wildman–Crippen LogP) is 2.10. The Bertz CT molecular complexity index is 889. The van der Waals surface area contributed by atoms with Gasteiger partial charge < -0.3 is 10.2 Å². The van der Waals surface area contributed by atoms with Crippen LogP contribution in [0.2, 0.25) is 0 Å². The Morgan fingerprint density at radius 1 is 1.03 bits per heavy atom. The van der Waals surface area contributed by atoms with E-state index in [1.165, 1.54) is 0 Å². The lowest BCUT2D eigenvalue weighted by molar-refractivity contribution is -0.126. The van der Waals surface area contributed by atoms with Crippen molar-refractivity contribution in [3.05, 3.63) is 66.2 Å². The van der Waals surface area contributed by atoms with Crippen molar-refractivity contribution in [1.82, 2.24) is 10.2 Å². The molecule has 3 rings (SSSR count). The van der Waals surface area contributed by atoms with Crippen LogP contribution < -0.4 is 10.2 Å². The molecule has 1 aliphatic heterocycles. The third kappa shape index (κ3) is 5.58. The van der Waals surface area contributed by atoms with Crippen LogP contribution in [0.3, 0.4) is 0 Å². The van der Waals surface area contributed by atoms with E-state index in [4.69, 9.17) is 0 Å². The van der Waals surface area contributed by atoms with Gasteiger partial charge in [-0.15, -0.1) is 0 Å². The summed E-state index contributed by atoms with van der Waals surface area (Å²) >= 11 is 0. The molecule has 1 amide bonds. The number of sulfone groups is 1. The number of rotatable bonds is 7. The van der Waals surface area contributed by atoms with Gasteiger partial charge in [-0.2, -0.15) is 0 Å². The molecule has 6 nitrogen and oxygen atoms in total. The van der Waals surface area contributed by atoms with E-state index in [1.54, 1.807) is 0 Å². The summed E-state index contributed by atoms with van der Waals surface area (Å²) < 4.78 is 23.6. The van der Waals surface area contributed by atoms with E-state index in [2.05, 4.69) is 17.1 Å². The van der Waals surface area contributed by atoms with Crippen LogP contribution in [0.15, 0.2) is 60.7 Å². The zero-order valence-electron chi connectivity index (χ0n) is 17.0. The standard InChI is InChI=1S/C22H29N3O3S/c1-18(24(2)20-11-7-4-8-12-20)17-23-22(26)21(19-9-5-3-6-10-19)25-13-15-29(27,28)16-14-25/h3-12,18,21H,13-17H2,1-2H3,(H,23,26). The van der Waals surface area contributed by atoms with Gasteiger partial charge in [-0.25, -0.2) is 8.42 Å². The van der Waals surface area contributed by atoms with E-state index < -0.39 is 15.9 Å². The lowest BCUT2D eigenvalue weighted by atomic mass is 10.0.